The molecule has 0 radical (unpaired) electrons. The number of hydrogen-bond acceptors (Lipinski definition) is 3. The Kier molecular flexibility index (Phi) is 3.75. The fourth-order valence-electron chi connectivity index (χ4n) is 3.04. The molecule has 0 atom stereocenters. The summed E-state index contributed by atoms with van der Waals surface area (Å²) < 4.78 is 20.9. The zero-order valence-electron chi connectivity index (χ0n) is 13.5. The minimum Gasteiger partial charge on any atom is -0.478 e. The van der Waals surface area contributed by atoms with Crippen molar-refractivity contribution in [2.24, 2.45) is 0 Å². The molecule has 6 heteroatoms. The number of carboxylic acid groups (broad SMARTS) is 1. The van der Waals surface area contributed by atoms with Gasteiger partial charge in [-0.15, -0.1) is 0 Å². The van der Waals surface area contributed by atoms with Gasteiger partial charge in [0.1, 0.15) is 17.3 Å². The Labute approximate surface area is 137 Å². The van der Waals surface area contributed by atoms with Crippen LogP contribution in [0.1, 0.15) is 33.1 Å². The van der Waals surface area contributed by atoms with Crippen molar-refractivity contribution in [3.8, 4) is 0 Å². The molecule has 0 spiro atoms. The van der Waals surface area contributed by atoms with Crippen LogP contribution in [0.4, 0.5) is 4.39 Å². The summed E-state index contributed by atoms with van der Waals surface area (Å²) in [5.41, 5.74) is 0.416. The zero-order chi connectivity index (χ0) is 17.6. The maximum Gasteiger partial charge on any atom is 0.338 e. The number of rotatable bonds is 3. The van der Waals surface area contributed by atoms with Crippen molar-refractivity contribution in [3.63, 3.8) is 0 Å². The predicted octanol–water partition coefficient (Wildman–Crippen LogP) is 3.41. The molecule has 0 aliphatic carbocycles. The van der Waals surface area contributed by atoms with E-state index in [1.165, 1.54) is 16.7 Å². The predicted molar refractivity (Wildman–Crippen MR) is 87.1 cm³/mol. The lowest BCUT2D eigenvalue weighted by atomic mass is 10.0. The van der Waals surface area contributed by atoms with E-state index in [9.17, 15) is 19.1 Å². The van der Waals surface area contributed by atoms with Crippen LogP contribution in [0.25, 0.3) is 10.8 Å². The average Bonchev–Trinajstić information content (AvgIpc) is 2.80. The zero-order valence-corrected chi connectivity index (χ0v) is 13.5. The molecule has 1 N–H and O–H groups in total. The van der Waals surface area contributed by atoms with Gasteiger partial charge in [0.05, 0.1) is 17.5 Å². The van der Waals surface area contributed by atoms with Gasteiger partial charge in [0, 0.05) is 16.6 Å². The summed E-state index contributed by atoms with van der Waals surface area (Å²) in [7, 11) is 0. The van der Waals surface area contributed by atoms with E-state index in [0.29, 0.717) is 11.5 Å². The van der Waals surface area contributed by atoms with Gasteiger partial charge in [-0.05, 0) is 32.9 Å². The van der Waals surface area contributed by atoms with Crippen LogP contribution in [-0.2, 0) is 6.54 Å². The Morgan fingerprint density at radius 3 is 2.58 bits per heavy atom. The fraction of sp³-hybridized carbons (Fsp3) is 0.222. The third-order valence-electron chi connectivity index (χ3n) is 4.19. The smallest absolute Gasteiger partial charge is 0.338 e. The molecule has 2 aromatic heterocycles. The van der Waals surface area contributed by atoms with E-state index in [4.69, 9.17) is 4.42 Å². The van der Waals surface area contributed by atoms with Gasteiger partial charge in [-0.3, -0.25) is 4.79 Å². The van der Waals surface area contributed by atoms with E-state index in [0.717, 1.165) is 11.6 Å². The van der Waals surface area contributed by atoms with E-state index in [-0.39, 0.29) is 28.6 Å². The lowest BCUT2D eigenvalue weighted by Gasteiger charge is -2.15. The van der Waals surface area contributed by atoms with Crippen molar-refractivity contribution in [3.05, 3.63) is 68.8 Å². The van der Waals surface area contributed by atoms with Crippen LogP contribution in [0, 0.1) is 26.6 Å². The van der Waals surface area contributed by atoms with Crippen molar-refractivity contribution < 1.29 is 18.7 Å². The fourth-order valence-corrected chi connectivity index (χ4v) is 3.04. The first-order valence-electron chi connectivity index (χ1n) is 7.42. The standard InChI is InChI=1S/C18H16FNO4/c1-9-7-12(11(3)24-9)8-20-10(2)15(18(22)23)13-5-4-6-14(19)16(13)17(20)21/h4-7H,8H2,1-3H3,(H,22,23). The summed E-state index contributed by atoms with van der Waals surface area (Å²) in [4.78, 5) is 24.4. The van der Waals surface area contributed by atoms with Gasteiger partial charge in [-0.25, -0.2) is 9.18 Å². The molecule has 0 saturated heterocycles. The van der Waals surface area contributed by atoms with E-state index < -0.39 is 17.3 Å². The summed E-state index contributed by atoms with van der Waals surface area (Å²) in [6, 6.07) is 5.79. The van der Waals surface area contributed by atoms with Crippen LogP contribution < -0.4 is 5.56 Å². The van der Waals surface area contributed by atoms with Crippen molar-refractivity contribution in [1.82, 2.24) is 4.57 Å². The second-order valence-corrected chi connectivity index (χ2v) is 5.76. The summed E-state index contributed by atoms with van der Waals surface area (Å²) in [6.45, 7) is 5.23. The number of aromatic nitrogens is 1. The van der Waals surface area contributed by atoms with Crippen molar-refractivity contribution >= 4 is 16.7 Å². The highest BCUT2D eigenvalue weighted by Crippen LogP contribution is 2.23. The highest BCUT2D eigenvalue weighted by molar-refractivity contribution is 6.04. The van der Waals surface area contributed by atoms with Gasteiger partial charge in [0.15, 0.2) is 0 Å². The van der Waals surface area contributed by atoms with Crippen LogP contribution >= 0.6 is 0 Å². The van der Waals surface area contributed by atoms with E-state index in [1.807, 2.05) is 0 Å². The molecule has 0 aliphatic rings. The summed E-state index contributed by atoms with van der Waals surface area (Å²) in [5, 5.41) is 9.44. The first-order valence-corrected chi connectivity index (χ1v) is 7.42. The number of carboxylic acids is 1. The summed E-state index contributed by atoms with van der Waals surface area (Å²) >= 11 is 0. The first kappa shape index (κ1) is 16.0. The lowest BCUT2D eigenvalue weighted by molar-refractivity contribution is 0.0697. The number of pyridine rings is 1. The molecule has 1 aromatic carbocycles. The molecule has 0 fully saturated rings. The van der Waals surface area contributed by atoms with Crippen LogP contribution in [0.2, 0.25) is 0 Å². The molecule has 24 heavy (non-hydrogen) atoms. The van der Waals surface area contributed by atoms with Crippen LogP contribution in [0.5, 0.6) is 0 Å². The topological polar surface area (TPSA) is 72.4 Å². The average molecular weight is 329 g/mol. The second-order valence-electron chi connectivity index (χ2n) is 5.76. The highest BCUT2D eigenvalue weighted by Gasteiger charge is 2.21. The lowest BCUT2D eigenvalue weighted by Crippen LogP contribution is -2.27. The molecule has 3 aromatic rings. The van der Waals surface area contributed by atoms with Gasteiger partial charge in [-0.2, -0.15) is 0 Å². The molecule has 5 nitrogen and oxygen atoms in total. The normalized spacial score (nSPS) is 11.2. The Balaban J connectivity index is 2.36. The van der Waals surface area contributed by atoms with E-state index in [2.05, 4.69) is 0 Å². The van der Waals surface area contributed by atoms with Crippen molar-refractivity contribution in [1.29, 1.82) is 0 Å². The van der Waals surface area contributed by atoms with Crippen molar-refractivity contribution in [2.75, 3.05) is 0 Å². The second kappa shape index (κ2) is 5.63. The minimum absolute atomic E-state index is 0.0676. The SMILES string of the molecule is Cc1cc(Cn2c(C)c(C(=O)O)c3cccc(F)c3c2=O)c(C)o1. The van der Waals surface area contributed by atoms with Gasteiger partial charge >= 0.3 is 5.97 Å². The third-order valence-corrected chi connectivity index (χ3v) is 4.19. The summed E-state index contributed by atoms with van der Waals surface area (Å²) in [6.07, 6.45) is 0. The number of halogens is 1. The number of furan rings is 1. The quantitative estimate of drug-likeness (QED) is 0.799. The third kappa shape index (κ3) is 2.40. The maximum absolute atomic E-state index is 14.2. The monoisotopic (exact) mass is 329 g/mol. The summed E-state index contributed by atoms with van der Waals surface area (Å²) in [5.74, 6) is -0.589. The Morgan fingerprint density at radius 1 is 1.29 bits per heavy atom. The van der Waals surface area contributed by atoms with Gasteiger partial charge in [-0.1, -0.05) is 12.1 Å². The van der Waals surface area contributed by atoms with Gasteiger partial charge in [0.2, 0.25) is 0 Å². The van der Waals surface area contributed by atoms with Crippen LogP contribution in [0.3, 0.4) is 0 Å². The number of benzene rings is 1. The molecule has 0 saturated carbocycles. The van der Waals surface area contributed by atoms with Crippen LogP contribution in [-0.4, -0.2) is 15.6 Å². The maximum atomic E-state index is 14.2. The number of nitrogens with zero attached hydrogens (tertiary/aromatic N) is 1. The Bertz CT molecular complexity index is 1030. The van der Waals surface area contributed by atoms with E-state index >= 15 is 0 Å². The number of aryl methyl sites for hydroxylation is 2. The Morgan fingerprint density at radius 2 is 2.00 bits per heavy atom. The number of carbonyl (C=O) groups is 1. The molecule has 2 heterocycles. The molecule has 0 amide bonds. The van der Waals surface area contributed by atoms with E-state index in [1.54, 1.807) is 26.8 Å². The number of aromatic carboxylic acids is 1. The molecular weight excluding hydrogens is 313 g/mol. The van der Waals surface area contributed by atoms with Gasteiger partial charge < -0.3 is 14.1 Å². The van der Waals surface area contributed by atoms with Crippen LogP contribution in [0.15, 0.2) is 33.5 Å². The molecule has 124 valence electrons. The Hall–Kier alpha value is -2.89. The largest absolute Gasteiger partial charge is 0.478 e. The molecule has 0 bridgehead atoms. The number of fused-ring (bicyclic) bond motifs is 1. The molecule has 3 rings (SSSR count). The number of hydrogen-bond donors (Lipinski definition) is 1. The highest BCUT2D eigenvalue weighted by atomic mass is 19.1. The first-order chi connectivity index (χ1) is 11.3. The molecule has 0 unspecified atom stereocenters. The molecule has 0 aliphatic heterocycles. The minimum atomic E-state index is -1.20. The molecular formula is C18H16FNO4. The van der Waals surface area contributed by atoms with Gasteiger partial charge in [0.25, 0.3) is 5.56 Å². The van der Waals surface area contributed by atoms with Crippen molar-refractivity contribution in [2.45, 2.75) is 27.3 Å².